The summed E-state index contributed by atoms with van der Waals surface area (Å²) >= 11 is 5.86. The molecule has 0 saturated carbocycles. The molecule has 106 valence electrons. The van der Waals surface area contributed by atoms with Crippen LogP contribution in [-0.2, 0) is 0 Å². The van der Waals surface area contributed by atoms with Crippen LogP contribution in [0, 0.1) is 0 Å². The Labute approximate surface area is 116 Å². The third-order valence-corrected chi connectivity index (χ3v) is 2.77. The minimum Gasteiger partial charge on any atom is -0.384 e. The molecule has 0 atom stereocenters. The summed E-state index contributed by atoms with van der Waals surface area (Å²) in [7, 11) is 1.35. The van der Waals surface area contributed by atoms with Gasteiger partial charge in [-0.1, -0.05) is 18.5 Å². The Morgan fingerprint density at radius 2 is 2.16 bits per heavy atom. The van der Waals surface area contributed by atoms with Crippen molar-refractivity contribution in [2.75, 3.05) is 25.5 Å². The first-order chi connectivity index (χ1) is 8.95. The SMILES string of the molecule is CCCNc1ccc(Cl)cc1C(=O)N(C)CC(F)F. The van der Waals surface area contributed by atoms with Crippen LogP contribution < -0.4 is 5.32 Å². The molecule has 0 fully saturated rings. The van der Waals surface area contributed by atoms with Gasteiger partial charge in [0.15, 0.2) is 0 Å². The molecule has 6 heteroatoms. The van der Waals surface area contributed by atoms with Crippen LogP contribution in [0.3, 0.4) is 0 Å². The first-order valence-corrected chi connectivity index (χ1v) is 6.40. The molecule has 3 nitrogen and oxygen atoms in total. The third-order valence-electron chi connectivity index (χ3n) is 2.54. The van der Waals surface area contributed by atoms with Crippen molar-refractivity contribution in [1.29, 1.82) is 0 Å². The molecule has 1 aromatic carbocycles. The quantitative estimate of drug-likeness (QED) is 0.870. The first-order valence-electron chi connectivity index (χ1n) is 6.02. The number of alkyl halides is 2. The fourth-order valence-electron chi connectivity index (χ4n) is 1.60. The standard InChI is InChI=1S/C13H17ClF2N2O/c1-3-6-17-11-5-4-9(14)7-10(11)13(19)18(2)8-12(15)16/h4-5,7,12,17H,3,6,8H2,1-2H3. The van der Waals surface area contributed by atoms with E-state index in [0.29, 0.717) is 22.8 Å². The van der Waals surface area contributed by atoms with Gasteiger partial charge >= 0.3 is 0 Å². The van der Waals surface area contributed by atoms with Gasteiger partial charge in [-0.05, 0) is 24.6 Å². The Balaban J connectivity index is 2.95. The van der Waals surface area contributed by atoms with Gasteiger partial charge in [0.25, 0.3) is 12.3 Å². The van der Waals surface area contributed by atoms with Gasteiger partial charge in [0.05, 0.1) is 12.1 Å². The molecule has 0 heterocycles. The largest absolute Gasteiger partial charge is 0.384 e. The van der Waals surface area contributed by atoms with Gasteiger partial charge in [-0.2, -0.15) is 0 Å². The number of hydrogen-bond acceptors (Lipinski definition) is 2. The van der Waals surface area contributed by atoms with Crippen molar-refractivity contribution in [3.8, 4) is 0 Å². The number of nitrogens with zero attached hydrogens (tertiary/aromatic N) is 1. The summed E-state index contributed by atoms with van der Waals surface area (Å²) in [5.41, 5.74) is 0.918. The summed E-state index contributed by atoms with van der Waals surface area (Å²) in [4.78, 5) is 13.1. The Bertz CT molecular complexity index is 441. The zero-order valence-corrected chi connectivity index (χ0v) is 11.7. The predicted molar refractivity (Wildman–Crippen MR) is 73.2 cm³/mol. The van der Waals surface area contributed by atoms with Gasteiger partial charge in [0, 0.05) is 24.3 Å². The number of halogens is 3. The van der Waals surface area contributed by atoms with E-state index in [1.807, 2.05) is 6.92 Å². The van der Waals surface area contributed by atoms with E-state index in [-0.39, 0.29) is 0 Å². The molecule has 0 aromatic heterocycles. The number of anilines is 1. The molecule has 0 radical (unpaired) electrons. The molecule has 0 aliphatic rings. The van der Waals surface area contributed by atoms with Gasteiger partial charge in [0.1, 0.15) is 0 Å². The molecule has 19 heavy (non-hydrogen) atoms. The average Bonchev–Trinajstić information content (AvgIpc) is 2.35. The van der Waals surface area contributed by atoms with Crippen molar-refractivity contribution in [1.82, 2.24) is 4.90 Å². The lowest BCUT2D eigenvalue weighted by Crippen LogP contribution is -2.31. The summed E-state index contributed by atoms with van der Waals surface area (Å²) in [6, 6.07) is 4.83. The van der Waals surface area contributed by atoms with Crippen LogP contribution in [0.15, 0.2) is 18.2 Å². The topological polar surface area (TPSA) is 32.3 Å². The number of benzene rings is 1. The van der Waals surface area contributed by atoms with E-state index >= 15 is 0 Å². The lowest BCUT2D eigenvalue weighted by Gasteiger charge is -2.19. The number of amides is 1. The van der Waals surface area contributed by atoms with Crippen LogP contribution >= 0.6 is 11.6 Å². The highest BCUT2D eigenvalue weighted by atomic mass is 35.5. The normalized spacial score (nSPS) is 10.6. The highest BCUT2D eigenvalue weighted by Gasteiger charge is 2.19. The number of rotatable bonds is 6. The predicted octanol–water partition coefficient (Wildman–Crippen LogP) is 3.50. The monoisotopic (exact) mass is 290 g/mol. The Morgan fingerprint density at radius 3 is 2.74 bits per heavy atom. The zero-order valence-electron chi connectivity index (χ0n) is 10.9. The molecule has 0 spiro atoms. The maximum atomic E-state index is 12.3. The number of carbonyl (C=O) groups is 1. The maximum Gasteiger partial charge on any atom is 0.255 e. The van der Waals surface area contributed by atoms with Crippen LogP contribution in [0.2, 0.25) is 5.02 Å². The van der Waals surface area contributed by atoms with Crippen LogP contribution in [0.5, 0.6) is 0 Å². The second-order valence-electron chi connectivity index (χ2n) is 4.19. The number of hydrogen-bond donors (Lipinski definition) is 1. The molecule has 0 unspecified atom stereocenters. The fourth-order valence-corrected chi connectivity index (χ4v) is 1.77. The van der Waals surface area contributed by atoms with Gasteiger partial charge in [-0.3, -0.25) is 4.79 Å². The van der Waals surface area contributed by atoms with Crippen LogP contribution in [-0.4, -0.2) is 37.4 Å². The minimum atomic E-state index is -2.56. The highest BCUT2D eigenvalue weighted by Crippen LogP contribution is 2.22. The Hall–Kier alpha value is -1.36. The summed E-state index contributed by atoms with van der Waals surface area (Å²) < 4.78 is 24.6. The van der Waals surface area contributed by atoms with E-state index in [1.165, 1.54) is 13.1 Å². The number of nitrogens with one attached hydrogen (secondary N) is 1. The summed E-state index contributed by atoms with van der Waals surface area (Å²) in [6.45, 7) is 2.09. The van der Waals surface area contributed by atoms with Crippen molar-refractivity contribution in [3.05, 3.63) is 28.8 Å². The lowest BCUT2D eigenvalue weighted by molar-refractivity contribution is 0.0621. The molecule has 0 aliphatic heterocycles. The molecule has 1 amide bonds. The van der Waals surface area contributed by atoms with E-state index < -0.39 is 18.9 Å². The third kappa shape index (κ3) is 4.67. The smallest absolute Gasteiger partial charge is 0.255 e. The molecule has 0 saturated heterocycles. The summed E-state index contributed by atoms with van der Waals surface area (Å²) in [5, 5.41) is 3.48. The van der Waals surface area contributed by atoms with Crippen LogP contribution in [0.4, 0.5) is 14.5 Å². The molecule has 1 N–H and O–H groups in total. The molecule has 1 rings (SSSR count). The molecular formula is C13H17ClF2N2O. The van der Waals surface area contributed by atoms with Crippen molar-refractivity contribution in [2.24, 2.45) is 0 Å². The Kier molecular flexibility index (Phi) is 6.02. The minimum absolute atomic E-state index is 0.309. The van der Waals surface area contributed by atoms with Crippen molar-refractivity contribution < 1.29 is 13.6 Å². The second-order valence-corrected chi connectivity index (χ2v) is 4.63. The van der Waals surface area contributed by atoms with Gasteiger partial charge < -0.3 is 10.2 Å². The average molecular weight is 291 g/mol. The van der Waals surface area contributed by atoms with E-state index in [0.717, 1.165) is 11.3 Å². The van der Waals surface area contributed by atoms with Gasteiger partial charge in [-0.25, -0.2) is 8.78 Å². The van der Waals surface area contributed by atoms with E-state index in [4.69, 9.17) is 11.6 Å². The zero-order chi connectivity index (χ0) is 14.4. The van der Waals surface area contributed by atoms with Gasteiger partial charge in [0.2, 0.25) is 0 Å². The highest BCUT2D eigenvalue weighted by molar-refractivity contribution is 6.31. The second kappa shape index (κ2) is 7.28. The number of carbonyl (C=O) groups excluding carboxylic acids is 1. The van der Waals surface area contributed by atoms with Crippen molar-refractivity contribution in [3.63, 3.8) is 0 Å². The van der Waals surface area contributed by atoms with Crippen molar-refractivity contribution in [2.45, 2.75) is 19.8 Å². The lowest BCUT2D eigenvalue weighted by atomic mass is 10.1. The maximum absolute atomic E-state index is 12.3. The molecule has 0 bridgehead atoms. The van der Waals surface area contributed by atoms with Crippen LogP contribution in [0.25, 0.3) is 0 Å². The first kappa shape index (κ1) is 15.7. The molecular weight excluding hydrogens is 274 g/mol. The van der Waals surface area contributed by atoms with Gasteiger partial charge in [-0.15, -0.1) is 0 Å². The van der Waals surface area contributed by atoms with E-state index in [9.17, 15) is 13.6 Å². The van der Waals surface area contributed by atoms with E-state index in [1.54, 1.807) is 12.1 Å². The fraction of sp³-hybridized carbons (Fsp3) is 0.462. The summed E-state index contributed by atoms with van der Waals surface area (Å²) in [5.74, 6) is -0.471. The summed E-state index contributed by atoms with van der Waals surface area (Å²) in [6.07, 6.45) is -1.66. The van der Waals surface area contributed by atoms with Crippen molar-refractivity contribution >= 4 is 23.2 Å². The Morgan fingerprint density at radius 1 is 1.47 bits per heavy atom. The van der Waals surface area contributed by atoms with E-state index in [2.05, 4.69) is 5.32 Å². The molecule has 0 aliphatic carbocycles. The van der Waals surface area contributed by atoms with Crippen LogP contribution in [0.1, 0.15) is 23.7 Å². The molecule has 1 aromatic rings.